The lowest BCUT2D eigenvalue weighted by atomic mass is 10.1. The van der Waals surface area contributed by atoms with Gasteiger partial charge in [-0.3, -0.25) is 4.79 Å². The smallest absolute Gasteiger partial charge is 0.277 e. The number of aromatic hydroxyl groups is 2. The molecular weight excluding hydrogens is 491 g/mol. The highest BCUT2D eigenvalue weighted by molar-refractivity contribution is 9.11. The fraction of sp³-hybridized carbons (Fsp3) is 0.176. The van der Waals surface area contributed by atoms with Gasteiger partial charge in [0.05, 0.1) is 10.7 Å². The van der Waals surface area contributed by atoms with Crippen LogP contribution in [0.15, 0.2) is 32.2 Å². The molecule has 26 heavy (non-hydrogen) atoms. The number of nitrogens with zero attached hydrogens (tertiary/aromatic N) is 1. The van der Waals surface area contributed by atoms with E-state index in [-0.39, 0.29) is 22.6 Å². The summed E-state index contributed by atoms with van der Waals surface area (Å²) in [5.74, 6) is -0.270. The van der Waals surface area contributed by atoms with Crippen molar-refractivity contribution < 1.29 is 19.7 Å². The van der Waals surface area contributed by atoms with Gasteiger partial charge in [0, 0.05) is 10.6 Å². The minimum absolute atomic E-state index is 0.122. The third kappa shape index (κ3) is 4.90. The minimum Gasteiger partial charge on any atom is -0.506 e. The molecule has 0 fully saturated rings. The van der Waals surface area contributed by atoms with Crippen LogP contribution in [0, 0.1) is 13.8 Å². The minimum atomic E-state index is -0.470. The summed E-state index contributed by atoms with van der Waals surface area (Å²) in [6.07, 6.45) is 1.25. The number of ether oxygens (including phenoxy) is 1. The molecule has 138 valence electrons. The molecule has 0 radical (unpaired) electrons. The number of hydrogen-bond acceptors (Lipinski definition) is 5. The van der Waals surface area contributed by atoms with Gasteiger partial charge in [0.25, 0.3) is 5.91 Å². The quantitative estimate of drug-likeness (QED) is 0.414. The third-order valence-corrected chi connectivity index (χ3v) is 5.32. The fourth-order valence-electron chi connectivity index (χ4n) is 2.06. The van der Waals surface area contributed by atoms with Crippen molar-refractivity contribution in [2.24, 2.45) is 5.10 Å². The summed E-state index contributed by atoms with van der Waals surface area (Å²) >= 11 is 12.3. The molecule has 0 aliphatic heterocycles. The maximum absolute atomic E-state index is 11.8. The number of hydrogen-bond donors (Lipinski definition) is 3. The normalized spacial score (nSPS) is 11.0. The Labute approximate surface area is 172 Å². The zero-order valence-electron chi connectivity index (χ0n) is 13.8. The lowest BCUT2D eigenvalue weighted by Crippen LogP contribution is -2.24. The first-order valence-electron chi connectivity index (χ1n) is 7.32. The molecule has 0 aliphatic rings. The van der Waals surface area contributed by atoms with E-state index < -0.39 is 5.91 Å². The van der Waals surface area contributed by atoms with Crippen molar-refractivity contribution in [1.82, 2.24) is 5.43 Å². The van der Waals surface area contributed by atoms with Gasteiger partial charge in [0.1, 0.15) is 21.7 Å². The van der Waals surface area contributed by atoms with Gasteiger partial charge in [-0.2, -0.15) is 5.10 Å². The van der Waals surface area contributed by atoms with Crippen LogP contribution in [-0.2, 0) is 4.79 Å². The number of rotatable bonds is 5. The Morgan fingerprint density at radius 3 is 2.46 bits per heavy atom. The molecule has 3 N–H and O–H groups in total. The maximum atomic E-state index is 11.8. The highest BCUT2D eigenvalue weighted by Gasteiger charge is 2.13. The van der Waals surface area contributed by atoms with Crippen molar-refractivity contribution in [2.75, 3.05) is 6.61 Å². The van der Waals surface area contributed by atoms with E-state index in [4.69, 9.17) is 16.3 Å². The number of phenolic OH excluding ortho intramolecular Hbond substituents is 2. The van der Waals surface area contributed by atoms with E-state index in [1.165, 1.54) is 12.3 Å². The maximum Gasteiger partial charge on any atom is 0.277 e. The molecule has 0 aromatic heterocycles. The van der Waals surface area contributed by atoms with Crippen LogP contribution in [0.2, 0.25) is 5.02 Å². The molecule has 0 bridgehead atoms. The van der Waals surface area contributed by atoms with Crippen LogP contribution >= 0.6 is 43.5 Å². The van der Waals surface area contributed by atoms with Crippen molar-refractivity contribution in [3.63, 3.8) is 0 Å². The van der Waals surface area contributed by atoms with E-state index in [1.54, 1.807) is 12.1 Å². The summed E-state index contributed by atoms with van der Waals surface area (Å²) in [4.78, 5) is 11.8. The van der Waals surface area contributed by atoms with Crippen LogP contribution in [0.3, 0.4) is 0 Å². The number of benzene rings is 2. The van der Waals surface area contributed by atoms with Gasteiger partial charge >= 0.3 is 0 Å². The molecule has 2 aromatic carbocycles. The molecule has 0 saturated heterocycles. The Kier molecular flexibility index (Phi) is 6.91. The van der Waals surface area contributed by atoms with Crippen LogP contribution in [0.25, 0.3) is 0 Å². The zero-order valence-corrected chi connectivity index (χ0v) is 17.7. The highest BCUT2D eigenvalue weighted by Crippen LogP contribution is 2.40. The molecule has 0 aliphatic carbocycles. The summed E-state index contributed by atoms with van der Waals surface area (Å²) < 4.78 is 5.91. The average molecular weight is 507 g/mol. The average Bonchev–Trinajstić information content (AvgIpc) is 2.60. The van der Waals surface area contributed by atoms with Crippen LogP contribution in [0.4, 0.5) is 0 Å². The standard InChI is InChI=1S/C17H15Br2ClN2O4/c1-8-3-11(4-9(2)15(8)20)26-7-13(23)22-21-6-10-5-12(18)17(25)14(19)16(10)24/h3-6,24-25H,7H2,1-2H3,(H,22,23)/b21-6-. The first kappa shape index (κ1) is 20.5. The molecule has 2 rings (SSSR count). The molecular formula is C17H15Br2ClN2O4. The number of phenols is 2. The van der Waals surface area contributed by atoms with E-state index in [0.29, 0.717) is 20.8 Å². The van der Waals surface area contributed by atoms with Crippen LogP contribution < -0.4 is 10.2 Å². The number of amides is 1. The Bertz CT molecular complexity index is 865. The Morgan fingerprint density at radius 1 is 1.23 bits per heavy atom. The van der Waals surface area contributed by atoms with Crippen molar-refractivity contribution in [3.05, 3.63) is 48.9 Å². The molecule has 1 amide bonds. The van der Waals surface area contributed by atoms with Crippen molar-refractivity contribution in [2.45, 2.75) is 13.8 Å². The van der Waals surface area contributed by atoms with Crippen molar-refractivity contribution in [3.8, 4) is 17.2 Å². The molecule has 0 spiro atoms. The van der Waals surface area contributed by atoms with Gasteiger partial charge in [0.15, 0.2) is 6.61 Å². The topological polar surface area (TPSA) is 91.2 Å². The summed E-state index contributed by atoms with van der Waals surface area (Å²) in [5, 5.41) is 24.0. The third-order valence-electron chi connectivity index (χ3n) is 3.37. The summed E-state index contributed by atoms with van der Waals surface area (Å²) in [6, 6.07) is 4.95. The van der Waals surface area contributed by atoms with E-state index in [0.717, 1.165) is 11.1 Å². The van der Waals surface area contributed by atoms with E-state index >= 15 is 0 Å². The zero-order chi connectivity index (χ0) is 19.4. The summed E-state index contributed by atoms with van der Waals surface area (Å²) in [7, 11) is 0. The van der Waals surface area contributed by atoms with E-state index in [2.05, 4.69) is 42.4 Å². The second kappa shape index (κ2) is 8.75. The lowest BCUT2D eigenvalue weighted by Gasteiger charge is -2.09. The molecule has 0 saturated carbocycles. The predicted molar refractivity (Wildman–Crippen MR) is 107 cm³/mol. The van der Waals surface area contributed by atoms with Gasteiger partial charge in [-0.1, -0.05) is 11.6 Å². The highest BCUT2D eigenvalue weighted by atomic mass is 79.9. The number of halogens is 3. The predicted octanol–water partition coefficient (Wildman–Crippen LogP) is 4.42. The van der Waals surface area contributed by atoms with Crippen LogP contribution in [0.5, 0.6) is 17.2 Å². The Morgan fingerprint density at radius 2 is 1.85 bits per heavy atom. The summed E-state index contributed by atoms with van der Waals surface area (Å²) in [5.41, 5.74) is 4.32. The monoisotopic (exact) mass is 504 g/mol. The van der Waals surface area contributed by atoms with Crippen molar-refractivity contribution in [1.29, 1.82) is 0 Å². The SMILES string of the molecule is Cc1cc(OCC(=O)N/N=C\c2cc(Br)c(O)c(Br)c2O)cc(C)c1Cl. The number of hydrazone groups is 1. The second-order valence-corrected chi connectivity index (χ2v) is 7.44. The van der Waals surface area contributed by atoms with Gasteiger partial charge in [0.2, 0.25) is 0 Å². The number of aryl methyl sites for hydroxylation is 2. The van der Waals surface area contributed by atoms with Crippen LogP contribution in [0.1, 0.15) is 16.7 Å². The first-order chi connectivity index (χ1) is 12.2. The lowest BCUT2D eigenvalue weighted by molar-refractivity contribution is -0.123. The van der Waals surface area contributed by atoms with Crippen molar-refractivity contribution >= 4 is 55.6 Å². The number of nitrogens with one attached hydrogen (secondary N) is 1. The van der Waals surface area contributed by atoms with Gasteiger partial charge in [-0.15, -0.1) is 0 Å². The van der Waals surface area contributed by atoms with E-state index in [1.807, 2.05) is 13.8 Å². The first-order valence-corrected chi connectivity index (χ1v) is 9.28. The second-order valence-electron chi connectivity index (χ2n) is 5.41. The van der Waals surface area contributed by atoms with Crippen LogP contribution in [-0.4, -0.2) is 28.9 Å². The number of carbonyl (C=O) groups is 1. The summed E-state index contributed by atoms with van der Waals surface area (Å²) in [6.45, 7) is 3.48. The number of carbonyl (C=O) groups excluding carboxylic acids is 1. The molecule has 6 nitrogen and oxygen atoms in total. The largest absolute Gasteiger partial charge is 0.506 e. The molecule has 0 unspecified atom stereocenters. The molecule has 0 heterocycles. The molecule has 2 aromatic rings. The van der Waals surface area contributed by atoms with E-state index in [9.17, 15) is 15.0 Å². The molecule has 9 heteroatoms. The fourth-order valence-corrected chi connectivity index (χ4v) is 3.32. The van der Waals surface area contributed by atoms with Gasteiger partial charge < -0.3 is 14.9 Å². The van der Waals surface area contributed by atoms with Gasteiger partial charge in [-0.05, 0) is 75.0 Å². The van der Waals surface area contributed by atoms with Gasteiger partial charge in [-0.25, -0.2) is 5.43 Å². The Balaban J connectivity index is 1.96. The molecule has 0 atom stereocenters. The Hall–Kier alpha value is -1.77.